The van der Waals surface area contributed by atoms with Gasteiger partial charge in [0.2, 0.25) is 0 Å². The number of aliphatic hydroxyl groups excluding tert-OH is 1. The fourth-order valence-corrected chi connectivity index (χ4v) is 1.41. The summed E-state index contributed by atoms with van der Waals surface area (Å²) in [4.78, 5) is 0. The summed E-state index contributed by atoms with van der Waals surface area (Å²) in [5.41, 5.74) is 0. The van der Waals surface area contributed by atoms with E-state index in [0.29, 0.717) is 23.9 Å². The summed E-state index contributed by atoms with van der Waals surface area (Å²) in [6.45, 7) is 4.61. The summed E-state index contributed by atoms with van der Waals surface area (Å²) >= 11 is 5.58. The Bertz CT molecular complexity index is 384. The van der Waals surface area contributed by atoms with E-state index in [-0.39, 0.29) is 6.61 Å². The Kier molecular flexibility index (Phi) is 6.57. The monoisotopic (exact) mass is 271 g/mol. The molecule has 4 nitrogen and oxygen atoms in total. The van der Waals surface area contributed by atoms with Crippen molar-refractivity contribution in [1.82, 2.24) is 5.32 Å². The molecule has 0 radical (unpaired) electrons. The van der Waals surface area contributed by atoms with Gasteiger partial charge in [-0.25, -0.2) is 0 Å². The minimum Gasteiger partial charge on any atom is -0.497 e. The Morgan fingerprint density at radius 1 is 1.50 bits per heavy atom. The van der Waals surface area contributed by atoms with Crippen molar-refractivity contribution in [3.05, 3.63) is 35.9 Å². The molecule has 0 spiro atoms. The first-order chi connectivity index (χ1) is 8.61. The van der Waals surface area contributed by atoms with E-state index >= 15 is 0 Å². The van der Waals surface area contributed by atoms with E-state index in [0.717, 1.165) is 5.75 Å². The van der Waals surface area contributed by atoms with E-state index in [9.17, 15) is 5.11 Å². The van der Waals surface area contributed by atoms with Gasteiger partial charge in [0.05, 0.1) is 7.11 Å². The first-order valence-corrected chi connectivity index (χ1v) is 5.98. The molecule has 0 saturated heterocycles. The molecule has 0 aliphatic heterocycles. The van der Waals surface area contributed by atoms with Gasteiger partial charge >= 0.3 is 0 Å². The van der Waals surface area contributed by atoms with E-state index in [2.05, 4.69) is 11.9 Å². The van der Waals surface area contributed by atoms with Crippen LogP contribution in [0.25, 0.3) is 0 Å². The van der Waals surface area contributed by atoms with E-state index in [1.807, 2.05) is 18.2 Å². The summed E-state index contributed by atoms with van der Waals surface area (Å²) in [6.07, 6.45) is -0.604. The second-order valence-electron chi connectivity index (χ2n) is 3.79. The van der Waals surface area contributed by atoms with Gasteiger partial charge in [0.15, 0.2) is 0 Å². The molecule has 100 valence electrons. The van der Waals surface area contributed by atoms with Gasteiger partial charge in [-0.1, -0.05) is 24.2 Å². The van der Waals surface area contributed by atoms with Crippen molar-refractivity contribution < 1.29 is 14.6 Å². The van der Waals surface area contributed by atoms with Crippen LogP contribution in [0.1, 0.15) is 0 Å². The number of rotatable bonds is 8. The molecular weight excluding hydrogens is 254 g/mol. The largest absolute Gasteiger partial charge is 0.497 e. The first-order valence-electron chi connectivity index (χ1n) is 5.60. The third-order valence-electron chi connectivity index (χ3n) is 2.18. The lowest BCUT2D eigenvalue weighted by Gasteiger charge is -2.13. The SMILES string of the molecule is C=C(Cl)CNCC(O)COc1cccc(OC)c1. The highest BCUT2D eigenvalue weighted by Crippen LogP contribution is 2.18. The van der Waals surface area contributed by atoms with Crippen molar-refractivity contribution in [2.75, 3.05) is 26.8 Å². The molecule has 1 unspecified atom stereocenters. The van der Waals surface area contributed by atoms with Crippen LogP contribution in [-0.2, 0) is 0 Å². The van der Waals surface area contributed by atoms with Crippen LogP contribution >= 0.6 is 11.6 Å². The molecule has 18 heavy (non-hydrogen) atoms. The summed E-state index contributed by atoms with van der Waals surface area (Å²) in [5, 5.41) is 13.1. The molecule has 0 aromatic heterocycles. The number of hydrogen-bond acceptors (Lipinski definition) is 4. The molecule has 1 rings (SSSR count). The van der Waals surface area contributed by atoms with E-state index in [4.69, 9.17) is 21.1 Å². The van der Waals surface area contributed by atoms with Gasteiger partial charge in [-0.3, -0.25) is 0 Å². The van der Waals surface area contributed by atoms with Gasteiger partial charge in [-0.2, -0.15) is 0 Å². The molecule has 0 bridgehead atoms. The van der Waals surface area contributed by atoms with Crippen molar-refractivity contribution in [3.63, 3.8) is 0 Å². The van der Waals surface area contributed by atoms with Crippen molar-refractivity contribution in [2.24, 2.45) is 0 Å². The molecule has 1 atom stereocenters. The molecular formula is C13H18ClNO3. The van der Waals surface area contributed by atoms with Crippen LogP contribution in [0.2, 0.25) is 0 Å². The average molecular weight is 272 g/mol. The molecule has 0 aliphatic carbocycles. The highest BCUT2D eigenvalue weighted by molar-refractivity contribution is 6.29. The van der Waals surface area contributed by atoms with Crippen LogP contribution in [0.15, 0.2) is 35.9 Å². The maximum absolute atomic E-state index is 9.66. The Balaban J connectivity index is 2.28. The maximum atomic E-state index is 9.66. The number of benzene rings is 1. The van der Waals surface area contributed by atoms with Gasteiger partial charge in [0.1, 0.15) is 24.2 Å². The summed E-state index contributed by atoms with van der Waals surface area (Å²) in [5.74, 6) is 1.38. The number of methoxy groups -OCH3 is 1. The lowest BCUT2D eigenvalue weighted by atomic mass is 10.3. The fraction of sp³-hybridized carbons (Fsp3) is 0.385. The molecule has 0 saturated carbocycles. The normalized spacial score (nSPS) is 11.9. The zero-order valence-electron chi connectivity index (χ0n) is 10.4. The Hall–Kier alpha value is -1.23. The standard InChI is InChI=1S/C13H18ClNO3/c1-10(14)7-15-8-11(16)9-18-13-5-3-4-12(6-13)17-2/h3-6,11,15-16H,1,7-9H2,2H3. The van der Waals surface area contributed by atoms with Crippen molar-refractivity contribution in [2.45, 2.75) is 6.10 Å². The third kappa shape index (κ3) is 5.91. The minimum absolute atomic E-state index is 0.203. The number of halogens is 1. The Morgan fingerprint density at radius 2 is 2.22 bits per heavy atom. The highest BCUT2D eigenvalue weighted by atomic mass is 35.5. The molecule has 5 heteroatoms. The van der Waals surface area contributed by atoms with Crippen LogP contribution in [0.5, 0.6) is 11.5 Å². The van der Waals surface area contributed by atoms with Gasteiger partial charge in [0, 0.05) is 24.2 Å². The first kappa shape index (κ1) is 14.8. The molecule has 0 fully saturated rings. The third-order valence-corrected chi connectivity index (χ3v) is 2.31. The van der Waals surface area contributed by atoms with Crippen LogP contribution < -0.4 is 14.8 Å². The Morgan fingerprint density at radius 3 is 2.89 bits per heavy atom. The smallest absolute Gasteiger partial charge is 0.123 e. The lowest BCUT2D eigenvalue weighted by Crippen LogP contribution is -2.32. The molecule has 0 aliphatic rings. The number of aliphatic hydroxyl groups is 1. The molecule has 0 amide bonds. The molecule has 1 aromatic carbocycles. The quantitative estimate of drug-likeness (QED) is 0.757. The van der Waals surface area contributed by atoms with Gasteiger partial charge in [-0.05, 0) is 12.1 Å². The van der Waals surface area contributed by atoms with Crippen LogP contribution in [0, 0.1) is 0 Å². The van der Waals surface area contributed by atoms with Gasteiger partial charge < -0.3 is 19.9 Å². The molecule has 2 N–H and O–H groups in total. The van der Waals surface area contributed by atoms with Crippen molar-refractivity contribution in [3.8, 4) is 11.5 Å². The molecule has 0 heterocycles. The number of hydrogen-bond donors (Lipinski definition) is 2. The number of ether oxygens (including phenoxy) is 2. The summed E-state index contributed by atoms with van der Waals surface area (Å²) in [6, 6.07) is 7.23. The van der Waals surface area contributed by atoms with Crippen LogP contribution in [0.4, 0.5) is 0 Å². The second kappa shape index (κ2) is 7.97. The number of nitrogens with one attached hydrogen (secondary N) is 1. The Labute approximate surface area is 112 Å². The second-order valence-corrected chi connectivity index (χ2v) is 4.33. The molecule has 1 aromatic rings. The van der Waals surface area contributed by atoms with E-state index in [1.54, 1.807) is 13.2 Å². The average Bonchev–Trinajstić information content (AvgIpc) is 2.36. The maximum Gasteiger partial charge on any atom is 0.123 e. The topological polar surface area (TPSA) is 50.7 Å². The predicted octanol–water partition coefficient (Wildman–Crippen LogP) is 1.78. The summed E-state index contributed by atoms with van der Waals surface area (Å²) in [7, 11) is 1.59. The lowest BCUT2D eigenvalue weighted by molar-refractivity contribution is 0.107. The highest BCUT2D eigenvalue weighted by Gasteiger charge is 2.05. The predicted molar refractivity (Wildman–Crippen MR) is 72.4 cm³/mol. The van der Waals surface area contributed by atoms with Crippen molar-refractivity contribution in [1.29, 1.82) is 0 Å². The zero-order valence-corrected chi connectivity index (χ0v) is 11.1. The van der Waals surface area contributed by atoms with Crippen LogP contribution in [-0.4, -0.2) is 38.0 Å². The van der Waals surface area contributed by atoms with E-state index < -0.39 is 6.10 Å². The summed E-state index contributed by atoms with van der Waals surface area (Å²) < 4.78 is 10.5. The minimum atomic E-state index is -0.604. The zero-order chi connectivity index (χ0) is 13.4. The van der Waals surface area contributed by atoms with Gasteiger partial charge in [0.25, 0.3) is 0 Å². The van der Waals surface area contributed by atoms with E-state index in [1.165, 1.54) is 0 Å². The van der Waals surface area contributed by atoms with Crippen LogP contribution in [0.3, 0.4) is 0 Å². The van der Waals surface area contributed by atoms with Gasteiger partial charge in [-0.15, -0.1) is 0 Å². The fourth-order valence-electron chi connectivity index (χ4n) is 1.32. The van der Waals surface area contributed by atoms with Crippen molar-refractivity contribution >= 4 is 11.6 Å².